The molecule has 3 heterocycles. The molecule has 0 aromatic carbocycles. The molecule has 0 radical (unpaired) electrons. The Morgan fingerprint density at radius 1 is 1.00 bits per heavy atom. The molecule has 0 unspecified atom stereocenters. The first-order chi connectivity index (χ1) is 12.1. The molecule has 0 aliphatic carbocycles. The molecule has 2 aromatic heterocycles. The highest BCUT2D eigenvalue weighted by Crippen LogP contribution is 2.23. The number of rotatable bonds is 4. The number of piperazine rings is 1. The molecule has 134 valence electrons. The topological polar surface area (TPSA) is 70.1 Å². The molecule has 1 aliphatic rings. The van der Waals surface area contributed by atoms with Crippen molar-refractivity contribution in [3.63, 3.8) is 0 Å². The van der Waals surface area contributed by atoms with Gasteiger partial charge in [0.1, 0.15) is 0 Å². The molecule has 0 N–H and O–H groups in total. The Hall–Kier alpha value is -2.70. The standard InChI is InChI=1S/C18H23N3O4/c1-3-19(4-2)18(23)21-11-9-20(10-12-21)17(22)16-8-7-15(25-16)14-6-5-13-24-14/h5-8,13H,3-4,9-12H2,1-2H3. The maximum absolute atomic E-state index is 12.6. The normalized spacial score (nSPS) is 14.6. The Kier molecular flexibility index (Phi) is 5.11. The van der Waals surface area contributed by atoms with Crippen LogP contribution in [0.4, 0.5) is 4.79 Å². The summed E-state index contributed by atoms with van der Waals surface area (Å²) in [6.07, 6.45) is 1.56. The summed E-state index contributed by atoms with van der Waals surface area (Å²) in [6, 6.07) is 6.98. The zero-order valence-corrected chi connectivity index (χ0v) is 14.6. The third-order valence-corrected chi connectivity index (χ3v) is 4.45. The van der Waals surface area contributed by atoms with E-state index < -0.39 is 0 Å². The summed E-state index contributed by atoms with van der Waals surface area (Å²) >= 11 is 0. The van der Waals surface area contributed by atoms with Crippen molar-refractivity contribution in [3.05, 3.63) is 36.3 Å². The number of carbonyl (C=O) groups excluding carboxylic acids is 2. The fourth-order valence-electron chi connectivity index (χ4n) is 2.95. The second kappa shape index (κ2) is 7.46. The minimum atomic E-state index is -0.159. The second-order valence-corrected chi connectivity index (χ2v) is 5.88. The number of urea groups is 1. The minimum Gasteiger partial charge on any atom is -0.461 e. The highest BCUT2D eigenvalue weighted by atomic mass is 16.4. The Morgan fingerprint density at radius 2 is 1.68 bits per heavy atom. The van der Waals surface area contributed by atoms with E-state index >= 15 is 0 Å². The summed E-state index contributed by atoms with van der Waals surface area (Å²) < 4.78 is 10.9. The van der Waals surface area contributed by atoms with Crippen LogP contribution >= 0.6 is 0 Å². The van der Waals surface area contributed by atoms with Gasteiger partial charge < -0.3 is 23.5 Å². The molecule has 3 amide bonds. The van der Waals surface area contributed by atoms with Crippen LogP contribution in [0.25, 0.3) is 11.5 Å². The number of hydrogen-bond donors (Lipinski definition) is 0. The quantitative estimate of drug-likeness (QED) is 0.854. The first-order valence-electron chi connectivity index (χ1n) is 8.60. The monoisotopic (exact) mass is 345 g/mol. The number of hydrogen-bond acceptors (Lipinski definition) is 4. The van der Waals surface area contributed by atoms with Gasteiger partial charge in [0.2, 0.25) is 0 Å². The molecule has 1 aliphatic heterocycles. The molecule has 3 rings (SSSR count). The molecule has 0 spiro atoms. The fourth-order valence-corrected chi connectivity index (χ4v) is 2.95. The van der Waals surface area contributed by atoms with Crippen LogP contribution < -0.4 is 0 Å². The SMILES string of the molecule is CCN(CC)C(=O)N1CCN(C(=O)c2ccc(-c3ccco3)o2)CC1. The van der Waals surface area contributed by atoms with Crippen molar-refractivity contribution in [1.29, 1.82) is 0 Å². The van der Waals surface area contributed by atoms with E-state index in [9.17, 15) is 9.59 Å². The lowest BCUT2D eigenvalue weighted by molar-refractivity contribution is 0.0612. The van der Waals surface area contributed by atoms with Gasteiger partial charge in [0.25, 0.3) is 5.91 Å². The van der Waals surface area contributed by atoms with E-state index in [0.29, 0.717) is 50.8 Å². The molecule has 0 bridgehead atoms. The van der Waals surface area contributed by atoms with E-state index in [-0.39, 0.29) is 17.7 Å². The van der Waals surface area contributed by atoms with E-state index in [1.54, 1.807) is 45.2 Å². The molecule has 0 saturated carbocycles. The smallest absolute Gasteiger partial charge is 0.320 e. The molecule has 0 atom stereocenters. The Morgan fingerprint density at radius 3 is 2.28 bits per heavy atom. The van der Waals surface area contributed by atoms with E-state index in [1.165, 1.54) is 0 Å². The van der Waals surface area contributed by atoms with Gasteiger partial charge >= 0.3 is 6.03 Å². The van der Waals surface area contributed by atoms with Crippen LogP contribution in [0.1, 0.15) is 24.4 Å². The molecular weight excluding hydrogens is 322 g/mol. The van der Waals surface area contributed by atoms with Crippen molar-refractivity contribution in [2.24, 2.45) is 0 Å². The van der Waals surface area contributed by atoms with Crippen molar-refractivity contribution >= 4 is 11.9 Å². The summed E-state index contributed by atoms with van der Waals surface area (Å²) in [5.41, 5.74) is 0. The fraction of sp³-hybridized carbons (Fsp3) is 0.444. The maximum atomic E-state index is 12.6. The third-order valence-electron chi connectivity index (χ3n) is 4.45. The second-order valence-electron chi connectivity index (χ2n) is 5.88. The largest absolute Gasteiger partial charge is 0.461 e. The number of nitrogens with zero attached hydrogens (tertiary/aromatic N) is 3. The van der Waals surface area contributed by atoms with Crippen molar-refractivity contribution in [3.8, 4) is 11.5 Å². The number of carbonyl (C=O) groups is 2. The summed E-state index contributed by atoms with van der Waals surface area (Å²) in [7, 11) is 0. The van der Waals surface area contributed by atoms with Crippen LogP contribution in [-0.4, -0.2) is 65.9 Å². The van der Waals surface area contributed by atoms with Crippen LogP contribution in [0.5, 0.6) is 0 Å². The molecule has 25 heavy (non-hydrogen) atoms. The highest BCUT2D eigenvalue weighted by Gasteiger charge is 2.28. The van der Waals surface area contributed by atoms with E-state index in [2.05, 4.69) is 0 Å². The summed E-state index contributed by atoms with van der Waals surface area (Å²) in [4.78, 5) is 30.3. The van der Waals surface area contributed by atoms with Gasteiger partial charge in [-0.05, 0) is 38.1 Å². The maximum Gasteiger partial charge on any atom is 0.320 e. The van der Waals surface area contributed by atoms with E-state index in [0.717, 1.165) is 0 Å². The summed E-state index contributed by atoms with van der Waals surface area (Å²) in [5.74, 6) is 1.25. The average molecular weight is 345 g/mol. The number of amides is 3. The average Bonchev–Trinajstić information content (AvgIpc) is 3.33. The summed E-state index contributed by atoms with van der Waals surface area (Å²) in [5, 5.41) is 0. The minimum absolute atomic E-state index is 0.0372. The van der Waals surface area contributed by atoms with Crippen LogP contribution in [0.2, 0.25) is 0 Å². The zero-order valence-electron chi connectivity index (χ0n) is 14.6. The van der Waals surface area contributed by atoms with Crippen molar-refractivity contribution in [2.45, 2.75) is 13.8 Å². The predicted molar refractivity (Wildman–Crippen MR) is 92.2 cm³/mol. The first-order valence-corrected chi connectivity index (χ1v) is 8.60. The Balaban J connectivity index is 1.59. The zero-order chi connectivity index (χ0) is 17.8. The molecule has 1 fully saturated rings. The summed E-state index contributed by atoms with van der Waals surface area (Å²) in [6.45, 7) is 7.39. The third kappa shape index (κ3) is 3.55. The van der Waals surface area contributed by atoms with Gasteiger partial charge in [-0.15, -0.1) is 0 Å². The molecule has 7 nitrogen and oxygen atoms in total. The van der Waals surface area contributed by atoms with Gasteiger partial charge in [0.05, 0.1) is 6.26 Å². The van der Waals surface area contributed by atoms with Gasteiger partial charge in [0, 0.05) is 39.3 Å². The molecular formula is C18H23N3O4. The van der Waals surface area contributed by atoms with Crippen LogP contribution in [0.15, 0.2) is 39.4 Å². The Labute approximate surface area is 146 Å². The van der Waals surface area contributed by atoms with Gasteiger partial charge in [0.15, 0.2) is 17.3 Å². The van der Waals surface area contributed by atoms with Gasteiger partial charge in [-0.3, -0.25) is 4.79 Å². The Bertz CT molecular complexity index is 711. The lowest BCUT2D eigenvalue weighted by Gasteiger charge is -2.36. The highest BCUT2D eigenvalue weighted by molar-refractivity contribution is 5.92. The lowest BCUT2D eigenvalue weighted by atomic mass is 10.3. The van der Waals surface area contributed by atoms with Crippen molar-refractivity contribution < 1.29 is 18.4 Å². The van der Waals surface area contributed by atoms with E-state index in [4.69, 9.17) is 8.83 Å². The molecule has 2 aromatic rings. The number of furan rings is 2. The van der Waals surface area contributed by atoms with Gasteiger partial charge in [-0.25, -0.2) is 4.79 Å². The van der Waals surface area contributed by atoms with Crippen molar-refractivity contribution in [1.82, 2.24) is 14.7 Å². The molecule has 1 saturated heterocycles. The van der Waals surface area contributed by atoms with Crippen LogP contribution in [0.3, 0.4) is 0 Å². The van der Waals surface area contributed by atoms with E-state index in [1.807, 2.05) is 13.8 Å². The van der Waals surface area contributed by atoms with Crippen molar-refractivity contribution in [2.75, 3.05) is 39.3 Å². The van der Waals surface area contributed by atoms with Crippen LogP contribution in [-0.2, 0) is 0 Å². The first kappa shape index (κ1) is 17.1. The molecule has 7 heteroatoms. The van der Waals surface area contributed by atoms with Gasteiger partial charge in [-0.2, -0.15) is 0 Å². The van der Waals surface area contributed by atoms with Gasteiger partial charge in [-0.1, -0.05) is 0 Å². The lowest BCUT2D eigenvalue weighted by Crippen LogP contribution is -2.54. The van der Waals surface area contributed by atoms with Crippen LogP contribution in [0, 0.1) is 0 Å². The predicted octanol–water partition coefficient (Wildman–Crippen LogP) is 2.76.